The minimum atomic E-state index is -0.399. The van der Waals surface area contributed by atoms with Gasteiger partial charge < -0.3 is 14.6 Å². The third-order valence-corrected chi connectivity index (χ3v) is 5.35. The Balaban J connectivity index is 1.87. The van der Waals surface area contributed by atoms with Crippen molar-refractivity contribution in [2.45, 2.75) is 32.8 Å². The van der Waals surface area contributed by atoms with E-state index < -0.39 is 5.91 Å². The first-order chi connectivity index (χ1) is 13.4. The van der Waals surface area contributed by atoms with Gasteiger partial charge in [-0.05, 0) is 62.6 Å². The second-order valence-electron chi connectivity index (χ2n) is 6.77. The number of nitriles is 1. The SMILES string of the molecule is Cc1cc(/C=C(\C#N)C(=O)NC[C@@H]2CCCO2)c(C)n1-c1cc(Cl)ccc1Cl. The smallest absolute Gasteiger partial charge is 0.262 e. The zero-order valence-corrected chi connectivity index (χ0v) is 17.3. The van der Waals surface area contributed by atoms with E-state index in [4.69, 9.17) is 27.9 Å². The number of halogens is 2. The molecule has 28 heavy (non-hydrogen) atoms. The van der Waals surface area contributed by atoms with Crippen LogP contribution in [0.5, 0.6) is 0 Å². The molecule has 0 saturated carbocycles. The van der Waals surface area contributed by atoms with Gasteiger partial charge in [-0.1, -0.05) is 23.2 Å². The molecule has 0 aliphatic carbocycles. The summed E-state index contributed by atoms with van der Waals surface area (Å²) < 4.78 is 7.46. The Kier molecular flexibility index (Phi) is 6.46. The lowest BCUT2D eigenvalue weighted by Gasteiger charge is -2.12. The van der Waals surface area contributed by atoms with Crippen LogP contribution in [0.25, 0.3) is 11.8 Å². The molecule has 2 aromatic rings. The predicted octanol–water partition coefficient (Wildman–Crippen LogP) is 4.60. The molecule has 1 saturated heterocycles. The summed E-state index contributed by atoms with van der Waals surface area (Å²) >= 11 is 12.5. The fraction of sp³-hybridized carbons (Fsp3) is 0.333. The highest BCUT2D eigenvalue weighted by Gasteiger charge is 2.19. The van der Waals surface area contributed by atoms with Gasteiger partial charge >= 0.3 is 0 Å². The molecule has 1 aromatic heterocycles. The van der Waals surface area contributed by atoms with Gasteiger partial charge in [0.15, 0.2) is 0 Å². The molecular weight excluding hydrogens is 397 g/mol. The Morgan fingerprint density at radius 2 is 2.18 bits per heavy atom. The van der Waals surface area contributed by atoms with E-state index in [1.807, 2.05) is 30.6 Å². The van der Waals surface area contributed by atoms with Gasteiger partial charge in [0.05, 0.1) is 16.8 Å². The third-order valence-electron chi connectivity index (χ3n) is 4.80. The maximum atomic E-state index is 12.4. The molecule has 0 spiro atoms. The maximum absolute atomic E-state index is 12.4. The van der Waals surface area contributed by atoms with Crippen LogP contribution in [-0.4, -0.2) is 29.7 Å². The maximum Gasteiger partial charge on any atom is 0.262 e. The lowest BCUT2D eigenvalue weighted by atomic mass is 10.1. The fourth-order valence-electron chi connectivity index (χ4n) is 3.37. The highest BCUT2D eigenvalue weighted by Crippen LogP contribution is 2.29. The van der Waals surface area contributed by atoms with E-state index in [0.29, 0.717) is 16.6 Å². The van der Waals surface area contributed by atoms with Crippen molar-refractivity contribution in [3.63, 3.8) is 0 Å². The number of nitrogens with zero attached hydrogens (tertiary/aromatic N) is 2. The van der Waals surface area contributed by atoms with Crippen molar-refractivity contribution in [1.29, 1.82) is 5.26 Å². The Hall–Kier alpha value is -2.26. The van der Waals surface area contributed by atoms with Crippen molar-refractivity contribution < 1.29 is 9.53 Å². The number of rotatable bonds is 5. The van der Waals surface area contributed by atoms with E-state index in [9.17, 15) is 10.1 Å². The van der Waals surface area contributed by atoms with Gasteiger partial charge in [-0.15, -0.1) is 0 Å². The van der Waals surface area contributed by atoms with Crippen molar-refractivity contribution >= 4 is 35.2 Å². The molecule has 5 nitrogen and oxygen atoms in total. The number of aromatic nitrogens is 1. The number of hydrogen-bond donors (Lipinski definition) is 1. The van der Waals surface area contributed by atoms with Crippen LogP contribution >= 0.6 is 23.2 Å². The lowest BCUT2D eigenvalue weighted by Crippen LogP contribution is -2.32. The van der Waals surface area contributed by atoms with Crippen molar-refractivity contribution in [3.8, 4) is 11.8 Å². The average molecular weight is 418 g/mol. The monoisotopic (exact) mass is 417 g/mol. The molecule has 1 aliphatic rings. The van der Waals surface area contributed by atoms with Crippen molar-refractivity contribution in [3.05, 3.63) is 56.8 Å². The number of aryl methyl sites for hydroxylation is 1. The van der Waals surface area contributed by atoms with Gasteiger partial charge in [-0.2, -0.15) is 5.26 Å². The summed E-state index contributed by atoms with van der Waals surface area (Å²) in [5.74, 6) is -0.399. The molecule has 7 heteroatoms. The lowest BCUT2D eigenvalue weighted by molar-refractivity contribution is -0.117. The Morgan fingerprint density at radius 1 is 1.39 bits per heavy atom. The Morgan fingerprint density at radius 3 is 2.86 bits per heavy atom. The molecule has 1 N–H and O–H groups in total. The normalized spacial score (nSPS) is 16.8. The zero-order chi connectivity index (χ0) is 20.3. The second kappa shape index (κ2) is 8.83. The molecule has 1 aliphatic heterocycles. The summed E-state index contributed by atoms with van der Waals surface area (Å²) in [4.78, 5) is 12.4. The van der Waals surface area contributed by atoms with Crippen LogP contribution in [-0.2, 0) is 9.53 Å². The standard InChI is InChI=1S/C21H21Cl2N3O2/c1-13-8-15(14(2)26(13)20-10-17(22)5-6-19(20)23)9-16(11-24)21(27)25-12-18-4-3-7-28-18/h5-6,8-10,18H,3-4,7,12H2,1-2H3,(H,25,27)/b16-9+/t18-/m0/s1. The van der Waals surface area contributed by atoms with Crippen LogP contribution in [0.3, 0.4) is 0 Å². The van der Waals surface area contributed by atoms with E-state index in [1.54, 1.807) is 24.3 Å². The number of carbonyl (C=O) groups is 1. The van der Waals surface area contributed by atoms with Crippen LogP contribution in [0.1, 0.15) is 29.8 Å². The van der Waals surface area contributed by atoms with Crippen LogP contribution in [0.2, 0.25) is 10.0 Å². The molecular formula is C21H21Cl2N3O2. The predicted molar refractivity (Wildman–Crippen MR) is 111 cm³/mol. The highest BCUT2D eigenvalue weighted by molar-refractivity contribution is 6.34. The van der Waals surface area contributed by atoms with Crippen molar-refractivity contribution in [2.75, 3.05) is 13.2 Å². The minimum Gasteiger partial charge on any atom is -0.376 e. The van der Waals surface area contributed by atoms with E-state index >= 15 is 0 Å². The van der Waals surface area contributed by atoms with E-state index in [1.165, 1.54) is 0 Å². The topological polar surface area (TPSA) is 67.1 Å². The van der Waals surface area contributed by atoms with Gasteiger partial charge in [0.1, 0.15) is 11.6 Å². The molecule has 3 rings (SSSR count). The number of nitrogens with one attached hydrogen (secondary N) is 1. The molecule has 1 aromatic carbocycles. The minimum absolute atomic E-state index is 0.0268. The zero-order valence-electron chi connectivity index (χ0n) is 15.8. The first kappa shape index (κ1) is 20.5. The number of carbonyl (C=O) groups excluding carboxylic acids is 1. The molecule has 0 bridgehead atoms. The van der Waals surface area contributed by atoms with E-state index in [0.717, 1.165) is 42.1 Å². The summed E-state index contributed by atoms with van der Waals surface area (Å²) in [6.07, 6.45) is 3.55. The van der Waals surface area contributed by atoms with Gasteiger partial charge in [-0.3, -0.25) is 4.79 Å². The van der Waals surface area contributed by atoms with E-state index in [2.05, 4.69) is 5.32 Å². The number of ether oxygens (including phenoxy) is 1. The molecule has 0 radical (unpaired) electrons. The van der Waals surface area contributed by atoms with Gasteiger partial charge in [-0.25, -0.2) is 0 Å². The number of benzene rings is 1. The van der Waals surface area contributed by atoms with Crippen LogP contribution in [0.15, 0.2) is 29.8 Å². The molecule has 1 amide bonds. The van der Waals surface area contributed by atoms with Crippen LogP contribution < -0.4 is 5.32 Å². The molecule has 1 fully saturated rings. The highest BCUT2D eigenvalue weighted by atomic mass is 35.5. The summed E-state index contributed by atoms with van der Waals surface area (Å²) in [5.41, 5.74) is 3.37. The fourth-order valence-corrected chi connectivity index (χ4v) is 3.74. The summed E-state index contributed by atoms with van der Waals surface area (Å²) in [5, 5.41) is 13.4. The molecule has 1 atom stereocenters. The quantitative estimate of drug-likeness (QED) is 0.570. The van der Waals surface area contributed by atoms with Gasteiger partial charge in [0.2, 0.25) is 0 Å². The Bertz CT molecular complexity index is 967. The average Bonchev–Trinajstić information content (AvgIpc) is 3.28. The number of amides is 1. The van der Waals surface area contributed by atoms with Crippen LogP contribution in [0.4, 0.5) is 0 Å². The van der Waals surface area contributed by atoms with Crippen LogP contribution in [0, 0.1) is 25.2 Å². The first-order valence-electron chi connectivity index (χ1n) is 9.06. The number of hydrogen-bond acceptors (Lipinski definition) is 3. The Labute approximate surface area is 174 Å². The summed E-state index contributed by atoms with van der Waals surface area (Å²) in [6, 6.07) is 9.17. The summed E-state index contributed by atoms with van der Waals surface area (Å²) in [6.45, 7) is 4.98. The largest absolute Gasteiger partial charge is 0.376 e. The molecule has 146 valence electrons. The third kappa shape index (κ3) is 4.41. The molecule has 0 unspecified atom stereocenters. The van der Waals surface area contributed by atoms with Crippen molar-refractivity contribution in [2.24, 2.45) is 0 Å². The van der Waals surface area contributed by atoms with Gasteiger partial charge in [0.25, 0.3) is 5.91 Å². The van der Waals surface area contributed by atoms with E-state index in [-0.39, 0.29) is 11.7 Å². The van der Waals surface area contributed by atoms with Crippen molar-refractivity contribution in [1.82, 2.24) is 9.88 Å². The molecule has 2 heterocycles. The second-order valence-corrected chi connectivity index (χ2v) is 7.62. The first-order valence-corrected chi connectivity index (χ1v) is 9.82. The van der Waals surface area contributed by atoms with Gasteiger partial charge in [0, 0.05) is 29.6 Å². The summed E-state index contributed by atoms with van der Waals surface area (Å²) in [7, 11) is 0.